The third-order valence-electron chi connectivity index (χ3n) is 2.41. The highest BCUT2D eigenvalue weighted by atomic mass is 35.5. The first-order valence-electron chi connectivity index (χ1n) is 5.70. The first-order valence-corrected chi connectivity index (χ1v) is 6.96. The van der Waals surface area contributed by atoms with Crippen LogP contribution in [0, 0.1) is 0 Å². The van der Waals surface area contributed by atoms with Gasteiger partial charge in [-0.1, -0.05) is 11.6 Å². The van der Waals surface area contributed by atoms with Gasteiger partial charge in [-0.2, -0.15) is 0 Å². The van der Waals surface area contributed by atoms with Crippen LogP contribution in [0.4, 0.5) is 0 Å². The van der Waals surface area contributed by atoms with Crippen LogP contribution in [0.25, 0.3) is 0 Å². The minimum Gasteiger partial charge on any atom is -0.353 e. The lowest BCUT2D eigenvalue weighted by atomic mass is 10.1. The van der Waals surface area contributed by atoms with Crippen LogP contribution in [0.15, 0.2) is 11.4 Å². The molecule has 1 aromatic rings. The molecule has 0 radical (unpaired) electrons. The monoisotopic (exact) mass is 274 g/mol. The first kappa shape index (κ1) is 14.5. The van der Waals surface area contributed by atoms with Gasteiger partial charge in [0.2, 0.25) is 5.91 Å². The molecule has 0 bridgehead atoms. The molecular formula is C12H19ClN2OS. The number of hydrogen-bond acceptors (Lipinski definition) is 3. The maximum atomic E-state index is 11.7. The summed E-state index contributed by atoms with van der Waals surface area (Å²) in [5.41, 5.74) is 1.11. The van der Waals surface area contributed by atoms with Gasteiger partial charge in [-0.25, -0.2) is 0 Å². The summed E-state index contributed by atoms with van der Waals surface area (Å²) in [6, 6.07) is 1.99. The minimum atomic E-state index is -0.217. The molecule has 2 N–H and O–H groups in total. The molecule has 0 saturated carbocycles. The van der Waals surface area contributed by atoms with E-state index in [1.54, 1.807) is 0 Å². The van der Waals surface area contributed by atoms with E-state index in [1.165, 1.54) is 11.3 Å². The zero-order chi connectivity index (χ0) is 13.0. The van der Waals surface area contributed by atoms with Gasteiger partial charge in [0.15, 0.2) is 0 Å². The van der Waals surface area contributed by atoms with Crippen molar-refractivity contribution < 1.29 is 4.79 Å². The van der Waals surface area contributed by atoms with Crippen molar-refractivity contribution in [2.45, 2.75) is 45.8 Å². The van der Waals surface area contributed by atoms with E-state index in [9.17, 15) is 4.79 Å². The van der Waals surface area contributed by atoms with Gasteiger partial charge < -0.3 is 5.32 Å². The molecule has 2 unspecified atom stereocenters. The molecule has 3 nitrogen and oxygen atoms in total. The van der Waals surface area contributed by atoms with Crippen molar-refractivity contribution >= 4 is 28.8 Å². The molecule has 0 saturated heterocycles. The van der Waals surface area contributed by atoms with Crippen molar-refractivity contribution in [3.63, 3.8) is 0 Å². The van der Waals surface area contributed by atoms with Crippen LogP contribution in [-0.2, 0) is 4.79 Å². The summed E-state index contributed by atoms with van der Waals surface area (Å²) in [6.07, 6.45) is 0. The molecule has 0 aliphatic heterocycles. The second-order valence-electron chi connectivity index (χ2n) is 4.46. The topological polar surface area (TPSA) is 41.1 Å². The Hall–Kier alpha value is -0.580. The summed E-state index contributed by atoms with van der Waals surface area (Å²) in [5, 5.41) is 8.14. The Labute approximate surface area is 112 Å². The summed E-state index contributed by atoms with van der Waals surface area (Å²) in [4.78, 5) is 11.7. The number of carbonyl (C=O) groups is 1. The zero-order valence-corrected chi connectivity index (χ0v) is 12.2. The van der Waals surface area contributed by atoms with Gasteiger partial charge in [-0.3, -0.25) is 10.1 Å². The van der Waals surface area contributed by atoms with E-state index >= 15 is 0 Å². The fourth-order valence-electron chi connectivity index (χ4n) is 1.51. The molecule has 5 heteroatoms. The van der Waals surface area contributed by atoms with E-state index in [1.807, 2.05) is 39.1 Å². The highest BCUT2D eigenvalue weighted by Gasteiger charge is 2.17. The molecule has 0 aromatic carbocycles. The lowest BCUT2D eigenvalue weighted by Crippen LogP contribution is -2.45. The molecule has 96 valence electrons. The highest BCUT2D eigenvalue weighted by molar-refractivity contribution is 7.14. The van der Waals surface area contributed by atoms with Crippen molar-refractivity contribution in [1.82, 2.24) is 10.6 Å². The second kappa shape index (κ2) is 6.38. The largest absolute Gasteiger partial charge is 0.353 e. The highest BCUT2D eigenvalue weighted by Crippen LogP contribution is 2.24. The van der Waals surface area contributed by atoms with Crippen LogP contribution < -0.4 is 10.6 Å². The molecule has 0 aliphatic carbocycles. The van der Waals surface area contributed by atoms with E-state index < -0.39 is 0 Å². The summed E-state index contributed by atoms with van der Waals surface area (Å²) in [7, 11) is 0. The van der Waals surface area contributed by atoms with E-state index in [-0.39, 0.29) is 24.0 Å². The average Bonchev–Trinajstić information content (AvgIpc) is 2.63. The SMILES string of the molecule is CC(C)NC(=O)C(C)NC(C)c1csc(Cl)c1. The Morgan fingerprint density at radius 1 is 1.35 bits per heavy atom. The first-order chi connectivity index (χ1) is 7.90. The number of rotatable bonds is 5. The summed E-state index contributed by atoms with van der Waals surface area (Å²) >= 11 is 7.39. The van der Waals surface area contributed by atoms with Crippen LogP contribution in [0.2, 0.25) is 4.34 Å². The van der Waals surface area contributed by atoms with Crippen LogP contribution >= 0.6 is 22.9 Å². The molecule has 17 heavy (non-hydrogen) atoms. The average molecular weight is 275 g/mol. The number of halogens is 1. The van der Waals surface area contributed by atoms with Gasteiger partial charge in [0.1, 0.15) is 0 Å². The summed E-state index contributed by atoms with van der Waals surface area (Å²) in [5.74, 6) is 0.0215. The Morgan fingerprint density at radius 3 is 2.47 bits per heavy atom. The van der Waals surface area contributed by atoms with E-state index in [4.69, 9.17) is 11.6 Å². The molecule has 1 rings (SSSR count). The normalized spacial score (nSPS) is 14.7. The Balaban J connectivity index is 2.51. The number of amides is 1. The third kappa shape index (κ3) is 4.66. The lowest BCUT2D eigenvalue weighted by Gasteiger charge is -2.20. The van der Waals surface area contributed by atoms with Crippen molar-refractivity contribution in [2.75, 3.05) is 0 Å². The standard InChI is InChI=1S/C12H19ClN2OS/c1-7(2)14-12(16)9(4)15-8(3)10-5-11(13)17-6-10/h5-9,15H,1-4H3,(H,14,16). The van der Waals surface area contributed by atoms with E-state index in [2.05, 4.69) is 10.6 Å². The lowest BCUT2D eigenvalue weighted by molar-refractivity contribution is -0.123. The Morgan fingerprint density at radius 2 is 2.00 bits per heavy atom. The smallest absolute Gasteiger partial charge is 0.237 e. The molecule has 1 aromatic heterocycles. The molecule has 0 fully saturated rings. The van der Waals surface area contributed by atoms with E-state index in [0.29, 0.717) is 0 Å². The predicted molar refractivity (Wildman–Crippen MR) is 73.6 cm³/mol. The zero-order valence-electron chi connectivity index (χ0n) is 10.6. The summed E-state index contributed by atoms with van der Waals surface area (Å²) in [6.45, 7) is 7.79. The van der Waals surface area contributed by atoms with Crippen LogP contribution in [-0.4, -0.2) is 18.0 Å². The number of nitrogens with one attached hydrogen (secondary N) is 2. The van der Waals surface area contributed by atoms with E-state index in [0.717, 1.165) is 9.90 Å². The predicted octanol–water partition coefficient (Wildman–Crippen LogP) is 2.97. The molecule has 1 amide bonds. The van der Waals surface area contributed by atoms with Crippen LogP contribution in [0.5, 0.6) is 0 Å². The van der Waals surface area contributed by atoms with Gasteiger partial charge in [0.25, 0.3) is 0 Å². The molecule has 2 atom stereocenters. The maximum absolute atomic E-state index is 11.7. The van der Waals surface area contributed by atoms with Crippen molar-refractivity contribution in [3.05, 3.63) is 21.3 Å². The van der Waals surface area contributed by atoms with Gasteiger partial charge in [0.05, 0.1) is 10.4 Å². The maximum Gasteiger partial charge on any atom is 0.237 e. The summed E-state index contributed by atoms with van der Waals surface area (Å²) < 4.78 is 0.771. The number of hydrogen-bond donors (Lipinski definition) is 2. The van der Waals surface area contributed by atoms with Crippen molar-refractivity contribution in [1.29, 1.82) is 0 Å². The van der Waals surface area contributed by atoms with Gasteiger partial charge in [-0.05, 0) is 44.7 Å². The van der Waals surface area contributed by atoms with Crippen molar-refractivity contribution in [3.8, 4) is 0 Å². The molecular weight excluding hydrogens is 256 g/mol. The Bertz CT molecular complexity index is 378. The molecule has 1 heterocycles. The molecule has 0 aliphatic rings. The quantitative estimate of drug-likeness (QED) is 0.867. The van der Waals surface area contributed by atoms with Gasteiger partial charge in [0, 0.05) is 12.1 Å². The minimum absolute atomic E-state index is 0.0215. The number of thiophene rings is 1. The van der Waals surface area contributed by atoms with Gasteiger partial charge >= 0.3 is 0 Å². The second-order valence-corrected chi connectivity index (χ2v) is 6.00. The van der Waals surface area contributed by atoms with Crippen LogP contribution in [0.3, 0.4) is 0 Å². The Kier molecular flexibility index (Phi) is 5.43. The fraction of sp³-hybridized carbons (Fsp3) is 0.583. The third-order valence-corrected chi connectivity index (χ3v) is 3.52. The van der Waals surface area contributed by atoms with Crippen LogP contribution in [0.1, 0.15) is 39.3 Å². The fourth-order valence-corrected chi connectivity index (χ4v) is 2.49. The van der Waals surface area contributed by atoms with Crippen molar-refractivity contribution in [2.24, 2.45) is 0 Å². The number of carbonyl (C=O) groups excluding carboxylic acids is 1. The van der Waals surface area contributed by atoms with Gasteiger partial charge in [-0.15, -0.1) is 11.3 Å². The molecule has 0 spiro atoms.